The molecule has 1 N–H and O–H groups in total. The van der Waals surface area contributed by atoms with Crippen LogP contribution in [0.4, 0.5) is 5.69 Å². The first kappa shape index (κ1) is 11.9. The van der Waals surface area contributed by atoms with Crippen molar-refractivity contribution < 1.29 is 0 Å². The summed E-state index contributed by atoms with van der Waals surface area (Å²) in [4.78, 5) is 6.72. The van der Waals surface area contributed by atoms with Crippen LogP contribution in [-0.4, -0.2) is 35.1 Å². The Morgan fingerprint density at radius 2 is 2.31 bits per heavy atom. The highest BCUT2D eigenvalue weighted by Crippen LogP contribution is 2.18. The van der Waals surface area contributed by atoms with Gasteiger partial charge in [0.25, 0.3) is 0 Å². The van der Waals surface area contributed by atoms with E-state index in [1.54, 1.807) is 0 Å². The molecule has 0 saturated carbocycles. The average molecular weight is 284 g/mol. The van der Waals surface area contributed by atoms with Crippen LogP contribution < -0.4 is 5.32 Å². The molecule has 88 valence electrons. The normalized spacial score (nSPS) is 21.6. The largest absolute Gasteiger partial charge is 0.380 e. The number of nitrogens with one attached hydrogen (secondary N) is 1. The third-order valence-corrected chi connectivity index (χ3v) is 3.52. The molecule has 2 heterocycles. The van der Waals surface area contributed by atoms with Crippen molar-refractivity contribution in [2.45, 2.75) is 32.4 Å². The highest BCUT2D eigenvalue weighted by atomic mass is 79.9. The standard InChI is InChI=1S/C12H18BrN3/c1-9(2)16-6-5-11(8-16)15-10-3-4-12(13)14-7-10/h3-4,7,9,11,15H,5-6,8H2,1-2H3. The van der Waals surface area contributed by atoms with Crippen molar-refractivity contribution in [2.24, 2.45) is 0 Å². The number of likely N-dealkylation sites (tertiary alicyclic amines) is 1. The Morgan fingerprint density at radius 1 is 1.50 bits per heavy atom. The predicted octanol–water partition coefficient (Wildman–Crippen LogP) is 2.74. The Balaban J connectivity index is 1.89. The Bertz CT molecular complexity index is 337. The van der Waals surface area contributed by atoms with Gasteiger partial charge in [-0.1, -0.05) is 0 Å². The van der Waals surface area contributed by atoms with Crippen molar-refractivity contribution in [1.29, 1.82) is 0 Å². The summed E-state index contributed by atoms with van der Waals surface area (Å²) in [5, 5.41) is 3.53. The fraction of sp³-hybridized carbons (Fsp3) is 0.583. The van der Waals surface area contributed by atoms with Crippen LogP contribution in [0.2, 0.25) is 0 Å². The molecule has 2 rings (SSSR count). The number of anilines is 1. The number of aromatic nitrogens is 1. The van der Waals surface area contributed by atoms with Gasteiger partial charge in [0.1, 0.15) is 4.60 Å². The Kier molecular flexibility index (Phi) is 3.82. The van der Waals surface area contributed by atoms with Crippen LogP contribution in [0.3, 0.4) is 0 Å². The average Bonchev–Trinajstić information content (AvgIpc) is 2.70. The van der Waals surface area contributed by atoms with E-state index in [0.717, 1.165) is 16.8 Å². The number of pyridine rings is 1. The van der Waals surface area contributed by atoms with Gasteiger partial charge in [-0.2, -0.15) is 0 Å². The second-order valence-electron chi connectivity index (χ2n) is 4.59. The van der Waals surface area contributed by atoms with Gasteiger partial charge in [0.15, 0.2) is 0 Å². The van der Waals surface area contributed by atoms with Crippen molar-refractivity contribution in [3.63, 3.8) is 0 Å². The molecule has 1 fully saturated rings. The van der Waals surface area contributed by atoms with E-state index in [2.05, 4.69) is 51.0 Å². The first-order valence-corrected chi connectivity index (χ1v) is 6.56. The lowest BCUT2D eigenvalue weighted by Gasteiger charge is -2.20. The Morgan fingerprint density at radius 3 is 2.88 bits per heavy atom. The summed E-state index contributed by atoms with van der Waals surface area (Å²) in [6.45, 7) is 6.83. The molecule has 1 aromatic rings. The molecule has 0 radical (unpaired) electrons. The number of hydrogen-bond donors (Lipinski definition) is 1. The topological polar surface area (TPSA) is 28.2 Å². The van der Waals surface area contributed by atoms with Gasteiger partial charge >= 0.3 is 0 Å². The van der Waals surface area contributed by atoms with Crippen LogP contribution in [0.5, 0.6) is 0 Å². The van der Waals surface area contributed by atoms with Gasteiger partial charge in [-0.05, 0) is 48.3 Å². The number of halogens is 1. The molecular weight excluding hydrogens is 266 g/mol. The Labute approximate surface area is 105 Å². The minimum absolute atomic E-state index is 0.561. The molecule has 0 amide bonds. The van der Waals surface area contributed by atoms with Crippen LogP contribution in [0, 0.1) is 0 Å². The van der Waals surface area contributed by atoms with Gasteiger partial charge in [0, 0.05) is 25.2 Å². The summed E-state index contributed by atoms with van der Waals surface area (Å²) >= 11 is 3.34. The lowest BCUT2D eigenvalue weighted by molar-refractivity contribution is 0.274. The highest BCUT2D eigenvalue weighted by Gasteiger charge is 2.23. The monoisotopic (exact) mass is 283 g/mol. The first-order chi connectivity index (χ1) is 7.65. The zero-order valence-corrected chi connectivity index (χ0v) is 11.4. The number of rotatable bonds is 3. The summed E-state index contributed by atoms with van der Waals surface area (Å²) in [6, 6.07) is 5.24. The van der Waals surface area contributed by atoms with Crippen LogP contribution in [0.15, 0.2) is 22.9 Å². The van der Waals surface area contributed by atoms with Gasteiger partial charge < -0.3 is 5.32 Å². The maximum absolute atomic E-state index is 4.22. The fourth-order valence-corrected chi connectivity index (χ4v) is 2.31. The molecule has 1 aromatic heterocycles. The van der Waals surface area contributed by atoms with Crippen LogP contribution in [0.1, 0.15) is 20.3 Å². The summed E-state index contributed by atoms with van der Waals surface area (Å²) in [5.41, 5.74) is 1.11. The fourth-order valence-electron chi connectivity index (χ4n) is 2.07. The van der Waals surface area contributed by atoms with Crippen molar-refractivity contribution in [3.8, 4) is 0 Å². The molecule has 0 bridgehead atoms. The van der Waals surface area contributed by atoms with E-state index in [-0.39, 0.29) is 0 Å². The second-order valence-corrected chi connectivity index (χ2v) is 5.40. The van der Waals surface area contributed by atoms with Gasteiger partial charge in [-0.15, -0.1) is 0 Å². The molecule has 16 heavy (non-hydrogen) atoms. The quantitative estimate of drug-likeness (QED) is 0.865. The van der Waals surface area contributed by atoms with Gasteiger partial charge in [-0.3, -0.25) is 4.90 Å². The molecule has 0 aliphatic carbocycles. The van der Waals surface area contributed by atoms with Crippen molar-refractivity contribution in [1.82, 2.24) is 9.88 Å². The van der Waals surface area contributed by atoms with Gasteiger partial charge in [0.05, 0.1) is 11.9 Å². The summed E-state index contributed by atoms with van der Waals surface area (Å²) in [5.74, 6) is 0. The van der Waals surface area contributed by atoms with E-state index < -0.39 is 0 Å². The minimum atomic E-state index is 0.561. The third kappa shape index (κ3) is 2.95. The lowest BCUT2D eigenvalue weighted by Crippen LogP contribution is -2.31. The molecule has 4 heteroatoms. The van der Waals surface area contributed by atoms with Crippen LogP contribution in [-0.2, 0) is 0 Å². The molecule has 1 saturated heterocycles. The summed E-state index contributed by atoms with van der Waals surface area (Å²) in [6.07, 6.45) is 3.09. The second kappa shape index (κ2) is 5.15. The van der Waals surface area contributed by atoms with Crippen molar-refractivity contribution >= 4 is 21.6 Å². The first-order valence-electron chi connectivity index (χ1n) is 5.77. The maximum atomic E-state index is 4.22. The van der Waals surface area contributed by atoms with E-state index in [1.165, 1.54) is 13.0 Å². The molecule has 3 nitrogen and oxygen atoms in total. The van der Waals surface area contributed by atoms with Gasteiger partial charge in [-0.25, -0.2) is 4.98 Å². The molecular formula is C12H18BrN3. The number of nitrogens with zero attached hydrogens (tertiary/aromatic N) is 2. The smallest absolute Gasteiger partial charge is 0.106 e. The van der Waals surface area contributed by atoms with Crippen LogP contribution >= 0.6 is 15.9 Å². The maximum Gasteiger partial charge on any atom is 0.106 e. The van der Waals surface area contributed by atoms with Gasteiger partial charge in [0.2, 0.25) is 0 Å². The third-order valence-electron chi connectivity index (χ3n) is 3.05. The zero-order chi connectivity index (χ0) is 11.5. The van der Waals surface area contributed by atoms with E-state index in [9.17, 15) is 0 Å². The van der Waals surface area contributed by atoms with E-state index in [0.29, 0.717) is 12.1 Å². The van der Waals surface area contributed by atoms with Crippen molar-refractivity contribution in [3.05, 3.63) is 22.9 Å². The minimum Gasteiger partial charge on any atom is -0.380 e. The summed E-state index contributed by atoms with van der Waals surface area (Å²) < 4.78 is 0.883. The lowest BCUT2D eigenvalue weighted by atomic mass is 10.2. The number of hydrogen-bond acceptors (Lipinski definition) is 3. The molecule has 1 aliphatic rings. The molecule has 1 atom stereocenters. The Hall–Kier alpha value is -0.610. The highest BCUT2D eigenvalue weighted by molar-refractivity contribution is 9.10. The predicted molar refractivity (Wildman–Crippen MR) is 70.7 cm³/mol. The zero-order valence-electron chi connectivity index (χ0n) is 9.78. The SMILES string of the molecule is CC(C)N1CCC(Nc2ccc(Br)nc2)C1. The van der Waals surface area contributed by atoms with E-state index in [4.69, 9.17) is 0 Å². The van der Waals surface area contributed by atoms with E-state index in [1.807, 2.05) is 12.3 Å². The van der Waals surface area contributed by atoms with Crippen LogP contribution in [0.25, 0.3) is 0 Å². The molecule has 1 unspecified atom stereocenters. The molecule has 1 aliphatic heterocycles. The summed E-state index contributed by atoms with van der Waals surface area (Å²) in [7, 11) is 0. The van der Waals surface area contributed by atoms with Crippen molar-refractivity contribution in [2.75, 3.05) is 18.4 Å². The molecule has 0 spiro atoms. The van der Waals surface area contributed by atoms with E-state index >= 15 is 0 Å². The molecule has 0 aromatic carbocycles.